The lowest BCUT2D eigenvalue weighted by atomic mass is 9.99. The lowest BCUT2D eigenvalue weighted by Crippen LogP contribution is -2.45. The number of furan rings is 1. The van der Waals surface area contributed by atoms with Crippen LogP contribution in [0.4, 0.5) is 0 Å². The predicted molar refractivity (Wildman–Crippen MR) is 85.1 cm³/mol. The van der Waals surface area contributed by atoms with Crippen molar-refractivity contribution >= 4 is 15.9 Å². The molecule has 1 fully saturated rings. The smallest absolute Gasteiger partial charge is 0.224 e. The maximum atomic E-state index is 12.1. The van der Waals surface area contributed by atoms with Gasteiger partial charge in [-0.1, -0.05) is 0 Å². The molecule has 7 nitrogen and oxygen atoms in total. The van der Waals surface area contributed by atoms with E-state index in [0.717, 1.165) is 18.6 Å². The molecule has 8 heteroatoms. The van der Waals surface area contributed by atoms with Gasteiger partial charge in [0.2, 0.25) is 15.9 Å². The number of amides is 1. The van der Waals surface area contributed by atoms with Crippen molar-refractivity contribution < 1.29 is 22.4 Å². The molecule has 2 rings (SSSR count). The maximum absolute atomic E-state index is 12.1. The number of hydrogen-bond donors (Lipinski definition) is 1. The first kappa shape index (κ1) is 18.0. The van der Waals surface area contributed by atoms with E-state index in [2.05, 4.69) is 5.32 Å². The predicted octanol–water partition coefficient (Wildman–Crippen LogP) is 0.974. The molecule has 2 heterocycles. The Morgan fingerprint density at radius 3 is 3.04 bits per heavy atom. The molecule has 1 saturated heterocycles. The van der Waals surface area contributed by atoms with Gasteiger partial charge in [0, 0.05) is 26.2 Å². The molecular weight excluding hydrogens is 320 g/mol. The van der Waals surface area contributed by atoms with Crippen LogP contribution >= 0.6 is 0 Å². The van der Waals surface area contributed by atoms with E-state index < -0.39 is 10.0 Å². The minimum Gasteiger partial charge on any atom is -0.467 e. The quantitative estimate of drug-likeness (QED) is 0.710. The topological polar surface area (TPSA) is 88.9 Å². The van der Waals surface area contributed by atoms with Crippen LogP contribution in [0, 0.1) is 5.92 Å². The van der Waals surface area contributed by atoms with E-state index in [1.165, 1.54) is 10.6 Å². The molecule has 1 aromatic heterocycles. The van der Waals surface area contributed by atoms with Gasteiger partial charge in [0.15, 0.2) is 0 Å². The monoisotopic (exact) mass is 344 g/mol. The summed E-state index contributed by atoms with van der Waals surface area (Å²) in [6, 6.07) is 3.65. The van der Waals surface area contributed by atoms with Crippen LogP contribution < -0.4 is 5.32 Å². The Morgan fingerprint density at radius 2 is 2.35 bits per heavy atom. The van der Waals surface area contributed by atoms with Crippen molar-refractivity contribution in [1.82, 2.24) is 9.62 Å². The molecule has 0 bridgehead atoms. The van der Waals surface area contributed by atoms with Gasteiger partial charge in [0.1, 0.15) is 12.4 Å². The summed E-state index contributed by atoms with van der Waals surface area (Å²) >= 11 is 0. The Bertz CT molecular complexity index is 585. The zero-order valence-corrected chi connectivity index (χ0v) is 14.2. The van der Waals surface area contributed by atoms with E-state index in [-0.39, 0.29) is 18.4 Å². The molecule has 130 valence electrons. The van der Waals surface area contributed by atoms with E-state index in [1.54, 1.807) is 6.26 Å². The summed E-state index contributed by atoms with van der Waals surface area (Å²) in [5.74, 6) is 0.434. The molecule has 0 aliphatic carbocycles. The Kier molecular flexibility index (Phi) is 6.61. The molecule has 0 aromatic carbocycles. The van der Waals surface area contributed by atoms with Gasteiger partial charge in [-0.2, -0.15) is 0 Å². The van der Waals surface area contributed by atoms with Crippen molar-refractivity contribution in [2.24, 2.45) is 5.92 Å². The second-order valence-electron chi connectivity index (χ2n) is 5.74. The minimum absolute atomic E-state index is 0.0793. The Labute approximate surface area is 137 Å². The third-order valence-electron chi connectivity index (χ3n) is 3.81. The highest BCUT2D eigenvalue weighted by atomic mass is 32.2. The number of nitrogens with zero attached hydrogens (tertiary/aromatic N) is 1. The van der Waals surface area contributed by atoms with Gasteiger partial charge in [-0.05, 0) is 31.4 Å². The molecule has 0 spiro atoms. The number of hydrogen-bond acceptors (Lipinski definition) is 5. The highest BCUT2D eigenvalue weighted by Gasteiger charge is 2.29. The van der Waals surface area contributed by atoms with Crippen LogP contribution in [0.3, 0.4) is 0 Å². The number of carbonyl (C=O) groups is 1. The number of rotatable bonds is 8. The van der Waals surface area contributed by atoms with Gasteiger partial charge < -0.3 is 14.5 Å². The van der Waals surface area contributed by atoms with Crippen LogP contribution in [-0.2, 0) is 26.2 Å². The van der Waals surface area contributed by atoms with Gasteiger partial charge in [-0.25, -0.2) is 12.7 Å². The number of ether oxygens (including phenoxy) is 1. The van der Waals surface area contributed by atoms with Crippen molar-refractivity contribution in [3.63, 3.8) is 0 Å². The van der Waals surface area contributed by atoms with E-state index in [0.29, 0.717) is 32.7 Å². The summed E-state index contributed by atoms with van der Waals surface area (Å²) in [6.45, 7) is 2.25. The SMILES string of the molecule is CS(=O)(=O)N1CCCC(C(=O)NCCCOCc2ccco2)C1. The molecule has 0 radical (unpaired) electrons. The summed E-state index contributed by atoms with van der Waals surface area (Å²) in [5.41, 5.74) is 0. The second kappa shape index (κ2) is 8.47. The summed E-state index contributed by atoms with van der Waals surface area (Å²) < 4.78 is 35.1. The summed E-state index contributed by atoms with van der Waals surface area (Å²) in [6.07, 6.45) is 4.94. The van der Waals surface area contributed by atoms with Crippen molar-refractivity contribution in [1.29, 1.82) is 0 Å². The summed E-state index contributed by atoms with van der Waals surface area (Å²) in [5, 5.41) is 2.85. The van der Waals surface area contributed by atoms with E-state index in [9.17, 15) is 13.2 Å². The first-order chi connectivity index (χ1) is 11.0. The Balaban J connectivity index is 1.61. The summed E-state index contributed by atoms with van der Waals surface area (Å²) in [4.78, 5) is 12.1. The zero-order chi connectivity index (χ0) is 16.7. The Morgan fingerprint density at radius 1 is 1.52 bits per heavy atom. The minimum atomic E-state index is -3.22. The molecule has 1 N–H and O–H groups in total. The normalized spacial score (nSPS) is 19.6. The van der Waals surface area contributed by atoms with Gasteiger partial charge in [0.25, 0.3) is 0 Å². The molecule has 1 aromatic rings. The molecule has 1 amide bonds. The van der Waals surface area contributed by atoms with Crippen LogP contribution in [0.1, 0.15) is 25.0 Å². The highest BCUT2D eigenvalue weighted by molar-refractivity contribution is 7.88. The first-order valence-corrected chi connectivity index (χ1v) is 9.64. The molecule has 1 aliphatic rings. The number of nitrogens with one attached hydrogen (secondary N) is 1. The van der Waals surface area contributed by atoms with Crippen molar-refractivity contribution in [3.8, 4) is 0 Å². The molecule has 1 aliphatic heterocycles. The third kappa shape index (κ3) is 5.96. The van der Waals surface area contributed by atoms with E-state index >= 15 is 0 Å². The van der Waals surface area contributed by atoms with Gasteiger partial charge >= 0.3 is 0 Å². The van der Waals surface area contributed by atoms with E-state index in [1.807, 2.05) is 12.1 Å². The molecule has 1 atom stereocenters. The van der Waals surface area contributed by atoms with Crippen LogP contribution in [0.25, 0.3) is 0 Å². The number of sulfonamides is 1. The van der Waals surface area contributed by atoms with Crippen LogP contribution in [0.15, 0.2) is 22.8 Å². The van der Waals surface area contributed by atoms with E-state index in [4.69, 9.17) is 9.15 Å². The molecular formula is C15H24N2O5S. The third-order valence-corrected chi connectivity index (χ3v) is 5.08. The Hall–Kier alpha value is -1.38. The van der Waals surface area contributed by atoms with Gasteiger partial charge in [-0.15, -0.1) is 0 Å². The molecule has 1 unspecified atom stereocenters. The van der Waals surface area contributed by atoms with Crippen molar-refractivity contribution in [3.05, 3.63) is 24.2 Å². The lowest BCUT2D eigenvalue weighted by molar-refractivity contribution is -0.126. The largest absolute Gasteiger partial charge is 0.467 e. The fraction of sp³-hybridized carbons (Fsp3) is 0.667. The van der Waals surface area contributed by atoms with Crippen LogP contribution in [0.5, 0.6) is 0 Å². The lowest BCUT2D eigenvalue weighted by Gasteiger charge is -2.30. The standard InChI is InChI=1S/C15H24N2O5S/c1-23(19,20)17-8-2-5-13(11-17)15(18)16-7-4-9-21-12-14-6-3-10-22-14/h3,6,10,13H,2,4-5,7-9,11-12H2,1H3,(H,16,18). The highest BCUT2D eigenvalue weighted by Crippen LogP contribution is 2.18. The number of piperidine rings is 1. The van der Waals surface area contributed by atoms with Gasteiger partial charge in [-0.3, -0.25) is 4.79 Å². The first-order valence-electron chi connectivity index (χ1n) is 7.80. The van der Waals surface area contributed by atoms with Crippen LogP contribution in [-0.4, -0.2) is 51.1 Å². The fourth-order valence-corrected chi connectivity index (χ4v) is 3.47. The average Bonchev–Trinajstić information content (AvgIpc) is 3.03. The molecule has 23 heavy (non-hydrogen) atoms. The zero-order valence-electron chi connectivity index (χ0n) is 13.4. The number of carbonyl (C=O) groups excluding carboxylic acids is 1. The molecule has 0 saturated carbocycles. The second-order valence-corrected chi connectivity index (χ2v) is 7.72. The maximum Gasteiger partial charge on any atom is 0.224 e. The summed E-state index contributed by atoms with van der Waals surface area (Å²) in [7, 11) is -3.22. The van der Waals surface area contributed by atoms with Crippen LogP contribution in [0.2, 0.25) is 0 Å². The van der Waals surface area contributed by atoms with Gasteiger partial charge in [0.05, 0.1) is 18.4 Å². The fourth-order valence-electron chi connectivity index (χ4n) is 2.56. The average molecular weight is 344 g/mol. The van der Waals surface area contributed by atoms with Crippen molar-refractivity contribution in [2.75, 3.05) is 32.5 Å². The van der Waals surface area contributed by atoms with Crippen molar-refractivity contribution in [2.45, 2.75) is 25.9 Å².